The van der Waals surface area contributed by atoms with Crippen LogP contribution in [0.15, 0.2) is 18.2 Å². The van der Waals surface area contributed by atoms with Crippen molar-refractivity contribution < 1.29 is 4.79 Å². The molecule has 0 aliphatic heterocycles. The van der Waals surface area contributed by atoms with Crippen LogP contribution >= 0.6 is 0 Å². The quantitative estimate of drug-likeness (QED) is 0.833. The Balaban J connectivity index is 1.81. The van der Waals surface area contributed by atoms with Crippen LogP contribution in [-0.4, -0.2) is 5.78 Å². The summed E-state index contributed by atoms with van der Waals surface area (Å²) in [5, 5.41) is 9.45. The summed E-state index contributed by atoms with van der Waals surface area (Å²) in [5.74, 6) is 0.943. The average molecular weight is 267 g/mol. The molecule has 104 valence electrons. The van der Waals surface area contributed by atoms with Crippen molar-refractivity contribution >= 4 is 5.78 Å². The van der Waals surface area contributed by atoms with Gasteiger partial charge in [0.2, 0.25) is 0 Å². The minimum Gasteiger partial charge on any atom is -0.298 e. The van der Waals surface area contributed by atoms with Crippen LogP contribution in [0.4, 0.5) is 0 Å². The van der Waals surface area contributed by atoms with Crippen molar-refractivity contribution in [1.29, 1.82) is 5.26 Å². The molecule has 1 aromatic rings. The van der Waals surface area contributed by atoms with E-state index in [4.69, 9.17) is 0 Å². The first-order valence-corrected chi connectivity index (χ1v) is 7.64. The minimum atomic E-state index is -0.565. The minimum absolute atomic E-state index is 0.170. The molecule has 2 heteroatoms. The monoisotopic (exact) mass is 267 g/mol. The second kappa shape index (κ2) is 5.05. The van der Waals surface area contributed by atoms with E-state index >= 15 is 0 Å². The maximum absolute atomic E-state index is 12.7. The summed E-state index contributed by atoms with van der Waals surface area (Å²) in [4.78, 5) is 12.7. The molecule has 0 N–H and O–H groups in total. The van der Waals surface area contributed by atoms with Gasteiger partial charge in [0.15, 0.2) is 5.78 Å². The first-order valence-electron chi connectivity index (χ1n) is 7.64. The molecule has 0 bridgehead atoms. The van der Waals surface area contributed by atoms with Gasteiger partial charge in [-0.25, -0.2) is 0 Å². The Labute approximate surface area is 120 Å². The molecule has 3 rings (SSSR count). The van der Waals surface area contributed by atoms with Gasteiger partial charge in [-0.3, -0.25) is 4.79 Å². The standard InChI is InChI=1S/C18H21NO/c1-11-7-8-13(9-12(11)2)16(10-19)18(20)17-14-5-3-4-6-15(14)17/h7-9,14-17H,3-6H2,1-2H3. The Morgan fingerprint density at radius 1 is 1.20 bits per heavy atom. The molecule has 3 unspecified atom stereocenters. The normalized spacial score (nSPS) is 29.1. The molecule has 0 radical (unpaired) electrons. The van der Waals surface area contributed by atoms with Crippen molar-refractivity contribution in [2.24, 2.45) is 17.8 Å². The molecule has 2 aliphatic rings. The van der Waals surface area contributed by atoms with Gasteiger partial charge in [-0.05, 0) is 55.2 Å². The average Bonchev–Trinajstić information content (AvgIpc) is 3.17. The van der Waals surface area contributed by atoms with Crippen LogP contribution in [0.3, 0.4) is 0 Å². The first kappa shape index (κ1) is 13.4. The van der Waals surface area contributed by atoms with E-state index in [1.807, 2.05) is 25.1 Å². The number of aryl methyl sites for hydroxylation is 2. The van der Waals surface area contributed by atoms with Crippen molar-refractivity contribution in [3.8, 4) is 6.07 Å². The lowest BCUT2D eigenvalue weighted by atomic mass is 9.90. The summed E-state index contributed by atoms with van der Waals surface area (Å²) >= 11 is 0. The lowest BCUT2D eigenvalue weighted by molar-refractivity contribution is -0.121. The Bertz CT molecular complexity index is 572. The van der Waals surface area contributed by atoms with Crippen LogP contribution < -0.4 is 0 Å². The molecule has 2 nitrogen and oxygen atoms in total. The summed E-state index contributed by atoms with van der Waals surface area (Å²) in [6.45, 7) is 4.09. The lowest BCUT2D eigenvalue weighted by Gasteiger charge is -2.10. The van der Waals surface area contributed by atoms with Gasteiger partial charge in [0.25, 0.3) is 0 Å². The molecule has 0 heterocycles. The highest BCUT2D eigenvalue weighted by atomic mass is 16.1. The number of benzene rings is 1. The van der Waals surface area contributed by atoms with Gasteiger partial charge < -0.3 is 0 Å². The lowest BCUT2D eigenvalue weighted by Crippen LogP contribution is -2.14. The predicted molar refractivity (Wildman–Crippen MR) is 78.2 cm³/mol. The van der Waals surface area contributed by atoms with Crippen molar-refractivity contribution in [2.45, 2.75) is 45.4 Å². The first-order chi connectivity index (χ1) is 9.63. The summed E-state index contributed by atoms with van der Waals surface area (Å²) in [6.07, 6.45) is 4.88. The fourth-order valence-electron chi connectivity index (χ4n) is 3.85. The highest BCUT2D eigenvalue weighted by Gasteiger charge is 2.55. The predicted octanol–water partition coefficient (Wildman–Crippen LogP) is 3.92. The highest BCUT2D eigenvalue weighted by Crippen LogP contribution is 2.57. The topological polar surface area (TPSA) is 40.9 Å². The third-order valence-electron chi connectivity index (χ3n) is 5.26. The van der Waals surface area contributed by atoms with E-state index in [1.165, 1.54) is 31.2 Å². The van der Waals surface area contributed by atoms with Crippen molar-refractivity contribution in [3.05, 3.63) is 34.9 Å². The van der Waals surface area contributed by atoms with Crippen molar-refractivity contribution in [3.63, 3.8) is 0 Å². The number of carbonyl (C=O) groups is 1. The Kier molecular flexibility index (Phi) is 3.38. The molecule has 0 saturated heterocycles. The zero-order valence-corrected chi connectivity index (χ0v) is 12.2. The number of hydrogen-bond acceptors (Lipinski definition) is 2. The van der Waals surface area contributed by atoms with E-state index in [0.29, 0.717) is 11.8 Å². The molecule has 2 saturated carbocycles. The maximum Gasteiger partial charge on any atom is 0.158 e. The fourth-order valence-corrected chi connectivity index (χ4v) is 3.85. The summed E-state index contributed by atoms with van der Waals surface area (Å²) in [5.41, 5.74) is 3.24. The third-order valence-corrected chi connectivity index (χ3v) is 5.26. The fraction of sp³-hybridized carbons (Fsp3) is 0.556. The summed E-state index contributed by atoms with van der Waals surface area (Å²) < 4.78 is 0. The SMILES string of the molecule is Cc1ccc(C(C#N)C(=O)C2C3CCCCC32)cc1C. The molecule has 20 heavy (non-hydrogen) atoms. The molecule has 2 fully saturated rings. The number of fused-ring (bicyclic) bond motifs is 1. The molecule has 1 aromatic carbocycles. The van der Waals surface area contributed by atoms with E-state index in [-0.39, 0.29) is 11.7 Å². The van der Waals surface area contributed by atoms with Gasteiger partial charge in [0, 0.05) is 5.92 Å². The number of nitrogens with zero attached hydrogens (tertiary/aromatic N) is 1. The van der Waals surface area contributed by atoms with Crippen LogP contribution in [0, 0.1) is 42.9 Å². The Hall–Kier alpha value is -1.62. The zero-order chi connectivity index (χ0) is 14.3. The third kappa shape index (κ3) is 2.16. The van der Waals surface area contributed by atoms with Crippen LogP contribution in [0.1, 0.15) is 48.3 Å². The molecule has 0 spiro atoms. The van der Waals surface area contributed by atoms with Crippen molar-refractivity contribution in [2.75, 3.05) is 0 Å². The highest BCUT2D eigenvalue weighted by molar-refractivity contribution is 5.93. The van der Waals surface area contributed by atoms with E-state index in [0.717, 1.165) is 11.1 Å². The molecule has 0 amide bonds. The largest absolute Gasteiger partial charge is 0.298 e. The molecule has 0 aromatic heterocycles. The summed E-state index contributed by atoms with van der Waals surface area (Å²) in [7, 11) is 0. The molecular formula is C18H21NO. The van der Waals surface area contributed by atoms with E-state index in [2.05, 4.69) is 13.0 Å². The smallest absolute Gasteiger partial charge is 0.158 e. The van der Waals surface area contributed by atoms with Crippen LogP contribution in [-0.2, 0) is 4.79 Å². The van der Waals surface area contributed by atoms with Crippen LogP contribution in [0.5, 0.6) is 0 Å². The van der Waals surface area contributed by atoms with Crippen LogP contribution in [0.2, 0.25) is 0 Å². The van der Waals surface area contributed by atoms with Gasteiger partial charge >= 0.3 is 0 Å². The van der Waals surface area contributed by atoms with Gasteiger partial charge in [-0.15, -0.1) is 0 Å². The number of carbonyl (C=O) groups excluding carboxylic acids is 1. The molecular weight excluding hydrogens is 246 g/mol. The number of rotatable bonds is 3. The Morgan fingerprint density at radius 2 is 1.85 bits per heavy atom. The van der Waals surface area contributed by atoms with E-state index in [1.54, 1.807) is 0 Å². The van der Waals surface area contributed by atoms with E-state index in [9.17, 15) is 10.1 Å². The summed E-state index contributed by atoms with van der Waals surface area (Å²) in [6, 6.07) is 8.21. The number of hydrogen-bond donors (Lipinski definition) is 0. The zero-order valence-electron chi connectivity index (χ0n) is 12.2. The van der Waals surface area contributed by atoms with Gasteiger partial charge in [0.05, 0.1) is 6.07 Å². The van der Waals surface area contributed by atoms with E-state index < -0.39 is 5.92 Å². The second-order valence-corrected chi connectivity index (χ2v) is 6.45. The maximum atomic E-state index is 12.7. The number of ketones is 1. The van der Waals surface area contributed by atoms with Crippen LogP contribution in [0.25, 0.3) is 0 Å². The molecule has 3 atom stereocenters. The Morgan fingerprint density at radius 3 is 2.40 bits per heavy atom. The number of nitriles is 1. The number of Topliss-reactive ketones (excluding diaryl/α,β-unsaturated/α-hetero) is 1. The molecule has 2 aliphatic carbocycles. The van der Waals surface area contributed by atoms with Gasteiger partial charge in [0.1, 0.15) is 5.92 Å². The van der Waals surface area contributed by atoms with Crippen molar-refractivity contribution in [1.82, 2.24) is 0 Å². The second-order valence-electron chi connectivity index (χ2n) is 6.45. The van der Waals surface area contributed by atoms with Gasteiger partial charge in [-0.1, -0.05) is 31.0 Å². The van der Waals surface area contributed by atoms with Gasteiger partial charge in [-0.2, -0.15) is 5.26 Å².